The molecule has 3 N–H and O–H groups in total. The molecule has 1 fully saturated rings. The summed E-state index contributed by atoms with van der Waals surface area (Å²) in [5, 5.41) is 13.7. The van der Waals surface area contributed by atoms with Crippen LogP contribution in [0.1, 0.15) is 42.7 Å². The molecular formula is C25H28N2O7S. The average Bonchev–Trinajstić information content (AvgIpc) is 3.40. The molecular weight excluding hydrogens is 472 g/mol. The Balaban J connectivity index is 1.38. The summed E-state index contributed by atoms with van der Waals surface area (Å²) in [6, 6.07) is 14.0. The van der Waals surface area contributed by atoms with Crippen molar-refractivity contribution in [3.8, 4) is 11.1 Å². The molecule has 2 aromatic carbocycles. The van der Waals surface area contributed by atoms with Crippen LogP contribution in [0, 0.1) is 0 Å². The first kappa shape index (κ1) is 24.7. The minimum Gasteiger partial charge on any atom is -0.481 e. The summed E-state index contributed by atoms with van der Waals surface area (Å²) in [5.74, 6) is -2.11. The van der Waals surface area contributed by atoms with Crippen LogP contribution >= 0.6 is 0 Å². The Labute approximate surface area is 203 Å². The molecule has 2 aliphatic carbocycles. The zero-order valence-corrected chi connectivity index (χ0v) is 20.1. The number of amides is 2. The van der Waals surface area contributed by atoms with Gasteiger partial charge in [0.25, 0.3) is 0 Å². The van der Waals surface area contributed by atoms with Crippen LogP contribution in [0.25, 0.3) is 11.1 Å². The van der Waals surface area contributed by atoms with Gasteiger partial charge in [0.05, 0.1) is 11.7 Å². The number of benzene rings is 2. The second-order valence-electron chi connectivity index (χ2n) is 9.09. The molecule has 0 radical (unpaired) electrons. The zero-order chi connectivity index (χ0) is 25.2. The predicted molar refractivity (Wildman–Crippen MR) is 129 cm³/mol. The van der Waals surface area contributed by atoms with Gasteiger partial charge in [0, 0.05) is 18.2 Å². The molecule has 0 saturated heterocycles. The zero-order valence-electron chi connectivity index (χ0n) is 19.3. The van der Waals surface area contributed by atoms with Crippen LogP contribution in [0.15, 0.2) is 48.5 Å². The van der Waals surface area contributed by atoms with Crippen molar-refractivity contribution in [1.82, 2.24) is 10.6 Å². The molecule has 35 heavy (non-hydrogen) atoms. The van der Waals surface area contributed by atoms with Crippen molar-refractivity contribution in [3.05, 3.63) is 59.7 Å². The van der Waals surface area contributed by atoms with E-state index < -0.39 is 51.6 Å². The maximum atomic E-state index is 12.7. The van der Waals surface area contributed by atoms with Crippen molar-refractivity contribution >= 4 is 27.8 Å². The molecule has 186 valence electrons. The van der Waals surface area contributed by atoms with Gasteiger partial charge < -0.3 is 20.5 Å². The third-order valence-corrected chi connectivity index (χ3v) is 8.31. The lowest BCUT2D eigenvalue weighted by Crippen LogP contribution is -2.50. The van der Waals surface area contributed by atoms with E-state index in [1.807, 2.05) is 48.5 Å². The van der Waals surface area contributed by atoms with Gasteiger partial charge in [-0.2, -0.15) is 0 Å². The van der Waals surface area contributed by atoms with Gasteiger partial charge >= 0.3 is 12.1 Å². The van der Waals surface area contributed by atoms with E-state index in [1.54, 1.807) is 0 Å². The average molecular weight is 501 g/mol. The highest BCUT2D eigenvalue weighted by Crippen LogP contribution is 2.44. The van der Waals surface area contributed by atoms with Crippen molar-refractivity contribution in [1.29, 1.82) is 0 Å². The second-order valence-corrected chi connectivity index (χ2v) is 11.4. The van der Waals surface area contributed by atoms with E-state index in [2.05, 4.69) is 10.6 Å². The van der Waals surface area contributed by atoms with E-state index in [0.717, 1.165) is 28.5 Å². The summed E-state index contributed by atoms with van der Waals surface area (Å²) in [5.41, 5.74) is 4.21. The minimum atomic E-state index is -3.22. The molecule has 0 aromatic heterocycles. The molecule has 2 aromatic rings. The number of ether oxygens (including phenoxy) is 1. The number of hydrogen-bond acceptors (Lipinski definition) is 6. The highest BCUT2D eigenvalue weighted by atomic mass is 32.2. The van der Waals surface area contributed by atoms with Gasteiger partial charge in [-0.3, -0.25) is 9.59 Å². The van der Waals surface area contributed by atoms with Gasteiger partial charge in [0.15, 0.2) is 0 Å². The number of carbonyl (C=O) groups excluding carboxylic acids is 2. The van der Waals surface area contributed by atoms with Crippen LogP contribution in [0.5, 0.6) is 0 Å². The van der Waals surface area contributed by atoms with Crippen molar-refractivity contribution in [2.45, 2.75) is 48.9 Å². The molecule has 0 spiro atoms. The molecule has 0 aliphatic heterocycles. The Morgan fingerprint density at radius 3 is 2.17 bits per heavy atom. The Bertz CT molecular complexity index is 1200. The maximum Gasteiger partial charge on any atom is 0.407 e. The van der Waals surface area contributed by atoms with Crippen molar-refractivity contribution < 1.29 is 32.6 Å². The first-order valence-electron chi connectivity index (χ1n) is 11.5. The fourth-order valence-electron chi connectivity index (χ4n) is 4.93. The standard InChI is InChI=1S/C25H28N2O7S/c1-35(32,33)16-11-10-15(12-16)26-24(30)22(13-23(28)29)27-25(31)34-14-21-19-8-4-2-6-17(19)18-7-3-5-9-20(18)21/h2-9,15-16,21-22H,10-14H2,1H3,(H,26,30)(H,27,31)(H,28,29). The fraction of sp³-hybridized carbons (Fsp3) is 0.400. The lowest BCUT2D eigenvalue weighted by atomic mass is 9.98. The molecule has 3 atom stereocenters. The molecule has 10 heteroatoms. The van der Waals surface area contributed by atoms with Crippen molar-refractivity contribution in [2.24, 2.45) is 0 Å². The van der Waals surface area contributed by atoms with Crippen LogP contribution in [-0.4, -0.2) is 61.7 Å². The van der Waals surface area contributed by atoms with Gasteiger partial charge in [-0.1, -0.05) is 48.5 Å². The smallest absolute Gasteiger partial charge is 0.407 e. The summed E-state index contributed by atoms with van der Waals surface area (Å²) in [6.45, 7) is 0.0277. The number of rotatable bonds is 8. The monoisotopic (exact) mass is 500 g/mol. The predicted octanol–water partition coefficient (Wildman–Crippen LogP) is 2.45. The Hall–Kier alpha value is -3.40. The van der Waals surface area contributed by atoms with Gasteiger partial charge in [-0.05, 0) is 41.5 Å². The first-order chi connectivity index (χ1) is 16.6. The largest absolute Gasteiger partial charge is 0.481 e. The number of carboxylic acid groups (broad SMARTS) is 1. The highest BCUT2D eigenvalue weighted by molar-refractivity contribution is 7.91. The second kappa shape index (κ2) is 10.1. The summed E-state index contributed by atoms with van der Waals surface area (Å²) < 4.78 is 29.0. The molecule has 1 saturated carbocycles. The topological polar surface area (TPSA) is 139 Å². The molecule has 4 rings (SSSR count). The lowest BCUT2D eigenvalue weighted by Gasteiger charge is -2.21. The van der Waals surface area contributed by atoms with Crippen LogP contribution < -0.4 is 10.6 Å². The number of alkyl carbamates (subject to hydrolysis) is 1. The van der Waals surface area contributed by atoms with Crippen LogP contribution in [0.4, 0.5) is 4.79 Å². The Morgan fingerprint density at radius 2 is 1.63 bits per heavy atom. The van der Waals surface area contributed by atoms with E-state index >= 15 is 0 Å². The van der Waals surface area contributed by atoms with Crippen molar-refractivity contribution in [3.63, 3.8) is 0 Å². The number of nitrogens with one attached hydrogen (secondary N) is 2. The molecule has 0 bridgehead atoms. The van der Waals surface area contributed by atoms with Crippen LogP contribution in [0.3, 0.4) is 0 Å². The number of sulfone groups is 1. The maximum absolute atomic E-state index is 12.7. The third-order valence-electron chi connectivity index (χ3n) is 6.67. The fourth-order valence-corrected chi connectivity index (χ4v) is 6.07. The highest BCUT2D eigenvalue weighted by Gasteiger charge is 2.35. The number of aliphatic carboxylic acids is 1. The van der Waals surface area contributed by atoms with Gasteiger partial charge in [0.2, 0.25) is 5.91 Å². The van der Waals surface area contributed by atoms with E-state index in [1.165, 1.54) is 0 Å². The third kappa shape index (κ3) is 5.64. The van der Waals surface area contributed by atoms with Crippen molar-refractivity contribution in [2.75, 3.05) is 12.9 Å². The Morgan fingerprint density at radius 1 is 1.03 bits per heavy atom. The Kier molecular flexibility index (Phi) is 7.11. The van der Waals surface area contributed by atoms with Gasteiger partial charge in [0.1, 0.15) is 22.5 Å². The quantitative estimate of drug-likeness (QED) is 0.506. The van der Waals surface area contributed by atoms with Gasteiger partial charge in [-0.15, -0.1) is 0 Å². The molecule has 2 aliphatic rings. The number of carbonyl (C=O) groups is 3. The number of fused-ring (bicyclic) bond motifs is 3. The van der Waals surface area contributed by atoms with Crippen LogP contribution in [-0.2, 0) is 24.2 Å². The van der Waals surface area contributed by atoms with Gasteiger partial charge in [-0.25, -0.2) is 13.2 Å². The molecule has 9 nitrogen and oxygen atoms in total. The lowest BCUT2D eigenvalue weighted by molar-refractivity contribution is -0.140. The molecule has 3 unspecified atom stereocenters. The van der Waals surface area contributed by atoms with E-state index in [4.69, 9.17) is 4.74 Å². The summed E-state index contributed by atoms with van der Waals surface area (Å²) in [6.07, 6.45) is 0.789. The minimum absolute atomic E-state index is 0.0277. The van der Waals surface area contributed by atoms with E-state index in [0.29, 0.717) is 12.8 Å². The SMILES string of the molecule is CS(=O)(=O)C1CCC(NC(=O)C(CC(=O)O)NC(=O)OCC2c3ccccc3-c3ccccc32)C1. The van der Waals surface area contributed by atoms with E-state index in [-0.39, 0.29) is 18.9 Å². The molecule has 2 amide bonds. The summed E-state index contributed by atoms with van der Waals surface area (Å²) >= 11 is 0. The summed E-state index contributed by atoms with van der Waals surface area (Å²) in [4.78, 5) is 36.6. The summed E-state index contributed by atoms with van der Waals surface area (Å²) in [7, 11) is -3.22. The van der Waals surface area contributed by atoms with E-state index in [9.17, 15) is 27.9 Å². The first-order valence-corrected chi connectivity index (χ1v) is 13.4. The number of hydrogen-bond donors (Lipinski definition) is 3. The van der Waals surface area contributed by atoms with Crippen LogP contribution in [0.2, 0.25) is 0 Å². The normalized spacial score (nSPS) is 19.9. The number of carboxylic acids is 1. The molecule has 0 heterocycles.